The van der Waals surface area contributed by atoms with Crippen molar-refractivity contribution in [2.75, 3.05) is 29.7 Å². The third kappa shape index (κ3) is 5.08. The molecule has 0 aliphatic carbocycles. The Hall–Kier alpha value is -3.41. The molecule has 1 aromatic heterocycles. The number of carboxylic acids is 1. The summed E-state index contributed by atoms with van der Waals surface area (Å²) in [6, 6.07) is 10.3. The number of nitrogens with zero attached hydrogens (tertiary/aromatic N) is 5. The summed E-state index contributed by atoms with van der Waals surface area (Å²) >= 11 is -2.05. The van der Waals surface area contributed by atoms with Crippen LogP contribution in [0.25, 0.3) is 0 Å². The third-order valence-corrected chi connectivity index (χ3v) is 10.4. The molecule has 0 spiro atoms. The topological polar surface area (TPSA) is 125 Å². The molecule has 1 fully saturated rings. The Morgan fingerprint density at radius 1 is 1.14 bits per heavy atom. The van der Waals surface area contributed by atoms with Crippen molar-refractivity contribution in [1.82, 2.24) is 19.7 Å². The van der Waals surface area contributed by atoms with Gasteiger partial charge < -0.3 is 0 Å². The van der Waals surface area contributed by atoms with Crippen LogP contribution < -0.4 is 3.00 Å². The zero-order valence-electron chi connectivity index (χ0n) is 20.2. The Bertz CT molecular complexity index is 1260. The number of methoxy groups -OCH3 is 1. The van der Waals surface area contributed by atoms with E-state index in [4.69, 9.17) is 4.74 Å². The zero-order valence-corrected chi connectivity index (χ0v) is 23.5. The summed E-state index contributed by atoms with van der Waals surface area (Å²) in [4.78, 5) is 55.2. The van der Waals surface area contributed by atoms with Gasteiger partial charge in [0.1, 0.15) is 0 Å². The molecule has 2 atom stereocenters. The quantitative estimate of drug-likeness (QED) is 0.452. The van der Waals surface area contributed by atoms with Crippen molar-refractivity contribution in [1.29, 1.82) is 0 Å². The molecule has 2 aliphatic rings. The molecule has 0 unspecified atom stereocenters. The van der Waals surface area contributed by atoms with Gasteiger partial charge in [-0.05, 0) is 0 Å². The van der Waals surface area contributed by atoms with Crippen molar-refractivity contribution < 1.29 is 29.0 Å². The van der Waals surface area contributed by atoms with Gasteiger partial charge in [-0.15, -0.1) is 0 Å². The van der Waals surface area contributed by atoms with Crippen LogP contribution in [0, 0.1) is 0 Å². The van der Waals surface area contributed by atoms with Gasteiger partial charge >= 0.3 is 220 Å². The average molecular weight is 595 g/mol. The van der Waals surface area contributed by atoms with Gasteiger partial charge in [0.15, 0.2) is 0 Å². The number of hydrogen-bond donors (Lipinski definition) is 1. The molecule has 1 saturated heterocycles. The van der Waals surface area contributed by atoms with Gasteiger partial charge in [0, 0.05) is 0 Å². The van der Waals surface area contributed by atoms with Crippen LogP contribution in [-0.2, 0) is 19.1 Å². The summed E-state index contributed by atoms with van der Waals surface area (Å²) in [6.07, 6.45) is 3.26. The van der Waals surface area contributed by atoms with E-state index in [9.17, 15) is 24.3 Å². The Morgan fingerprint density at radius 2 is 1.86 bits per heavy atom. The van der Waals surface area contributed by atoms with Gasteiger partial charge in [-0.2, -0.15) is 0 Å². The number of rotatable bonds is 7. The van der Waals surface area contributed by atoms with Crippen LogP contribution in [0.2, 0.25) is 0 Å². The number of allylic oxidation sites excluding steroid dienone is 1. The van der Waals surface area contributed by atoms with Gasteiger partial charge in [-0.1, -0.05) is 0 Å². The maximum absolute atomic E-state index is 13.2. The van der Waals surface area contributed by atoms with Gasteiger partial charge in [-0.3, -0.25) is 0 Å². The molecule has 2 aliphatic heterocycles. The van der Waals surface area contributed by atoms with Gasteiger partial charge in [0.25, 0.3) is 0 Å². The van der Waals surface area contributed by atoms with Crippen molar-refractivity contribution in [3.05, 3.63) is 65.8 Å². The molecule has 1 aromatic carbocycles. The van der Waals surface area contributed by atoms with E-state index < -0.39 is 46.3 Å². The van der Waals surface area contributed by atoms with E-state index in [1.165, 1.54) is 16.8 Å². The first-order valence-electron chi connectivity index (χ1n) is 11.5. The summed E-state index contributed by atoms with van der Waals surface area (Å²) in [6.45, 7) is 4.27. The van der Waals surface area contributed by atoms with E-state index in [2.05, 4.69) is 5.10 Å². The molecule has 2 aromatic rings. The predicted octanol–water partition coefficient (Wildman–Crippen LogP) is 0.244. The number of aromatic nitrogens is 2. The van der Waals surface area contributed by atoms with Crippen LogP contribution in [0.5, 0.6) is 0 Å². The van der Waals surface area contributed by atoms with Crippen molar-refractivity contribution in [3.63, 3.8) is 0 Å². The fourth-order valence-electron chi connectivity index (χ4n) is 4.14. The fourth-order valence-corrected chi connectivity index (χ4v) is 7.80. The monoisotopic (exact) mass is 595 g/mol. The second-order valence-electron chi connectivity index (χ2n) is 8.64. The van der Waals surface area contributed by atoms with Crippen LogP contribution in [0.15, 0.2) is 54.6 Å². The van der Waals surface area contributed by atoms with Crippen LogP contribution in [0.3, 0.4) is 0 Å². The second-order valence-corrected chi connectivity index (χ2v) is 12.5. The maximum atomic E-state index is 13.2. The predicted molar refractivity (Wildman–Crippen MR) is 131 cm³/mol. The van der Waals surface area contributed by atoms with E-state index in [1.54, 1.807) is 45.4 Å². The Kier molecular flexibility index (Phi) is 7.62. The number of carbonyl (C=O) groups is 4. The molecule has 4 rings (SSSR count). The SMILES string of the molecule is COC1=C[N](n2ccc([C@@H](C)C(=O)O)n2)[In]=[C]1C(=O)C(=O)N1CCN(C(=O)c2ccccc2)[C@H](C)C1. The molecule has 12 heteroatoms. The van der Waals surface area contributed by atoms with E-state index in [0.29, 0.717) is 26.8 Å². The standard InChI is InChI=1S/C24H26N5O6.In/c1-16-15-27(11-12-28(16)22(31)18-7-5-4-6-8-18)23(32)21(30)13-19(35-3)14-25-29-10-9-20(26-29)17(2)24(33)34;/h4-10,14,16-17H,11-12,15H2,1-3H3,(H,33,34);/q-1;+1/t16-,17-;/m1./s1. The molecule has 0 radical (unpaired) electrons. The number of hydrogen-bond acceptors (Lipinski definition) is 7. The van der Waals surface area contributed by atoms with Crippen molar-refractivity contribution in [2.45, 2.75) is 25.8 Å². The number of piperazine rings is 1. The van der Waals surface area contributed by atoms with Gasteiger partial charge in [0.05, 0.1) is 0 Å². The molecule has 186 valence electrons. The number of Topliss-reactive ketones (excluding diaryl/α,β-unsaturated/α-hetero) is 1. The molecule has 11 nitrogen and oxygen atoms in total. The number of ether oxygens (including phenoxy) is 1. The zero-order chi connectivity index (χ0) is 26.0. The summed E-state index contributed by atoms with van der Waals surface area (Å²) < 4.78 is 7.52. The molecule has 0 saturated carbocycles. The summed E-state index contributed by atoms with van der Waals surface area (Å²) in [7, 11) is 1.44. The van der Waals surface area contributed by atoms with Gasteiger partial charge in [0.2, 0.25) is 0 Å². The van der Waals surface area contributed by atoms with E-state index in [1.807, 2.05) is 25.1 Å². The fraction of sp³-hybridized carbons (Fsp3) is 0.333. The Morgan fingerprint density at radius 3 is 2.50 bits per heavy atom. The summed E-state index contributed by atoms with van der Waals surface area (Å²) in [5, 5.41) is 13.5. The van der Waals surface area contributed by atoms with Crippen LogP contribution in [0.1, 0.15) is 35.8 Å². The first-order valence-corrected chi connectivity index (χ1v) is 14.6. The van der Waals surface area contributed by atoms with Crippen molar-refractivity contribution in [2.24, 2.45) is 0 Å². The van der Waals surface area contributed by atoms with E-state index in [-0.39, 0.29) is 25.0 Å². The minimum absolute atomic E-state index is 0.0992. The Labute approximate surface area is 219 Å². The molecule has 36 heavy (non-hydrogen) atoms. The number of amides is 2. The van der Waals surface area contributed by atoms with Crippen LogP contribution in [-0.4, -0.2) is 107 Å². The van der Waals surface area contributed by atoms with E-state index >= 15 is 0 Å². The van der Waals surface area contributed by atoms with Crippen LogP contribution in [0.4, 0.5) is 0 Å². The molecular weight excluding hydrogens is 569 g/mol. The minimum atomic E-state index is -2.05. The first-order chi connectivity index (χ1) is 17.2. The molecule has 3 heterocycles. The van der Waals surface area contributed by atoms with Crippen LogP contribution >= 0.6 is 0 Å². The average Bonchev–Trinajstić information content (AvgIpc) is 3.55. The first kappa shape index (κ1) is 25.7. The van der Waals surface area contributed by atoms with Gasteiger partial charge in [-0.25, -0.2) is 0 Å². The third-order valence-electron chi connectivity index (χ3n) is 6.28. The molecular formula is C24H26InN5O6. The van der Waals surface area contributed by atoms with Crippen molar-refractivity contribution in [3.8, 4) is 0 Å². The number of carbonyl (C=O) groups excluding carboxylic acids is 3. The number of ketones is 1. The summed E-state index contributed by atoms with van der Waals surface area (Å²) in [5.41, 5.74) is 0.981. The second kappa shape index (κ2) is 10.7. The number of carboxylic acid groups (broad SMARTS) is 1. The molecule has 2 amide bonds. The summed E-state index contributed by atoms with van der Waals surface area (Å²) in [5.74, 6) is -2.74. The Balaban J connectivity index is 1.45. The van der Waals surface area contributed by atoms with Crippen molar-refractivity contribution >= 4 is 49.5 Å². The molecule has 0 bridgehead atoms. The van der Waals surface area contributed by atoms with E-state index in [0.717, 1.165) is 0 Å². The number of aliphatic carboxylic acids is 1. The normalized spacial score (nSPS) is 18.2. The molecule has 1 N–H and O–H groups in total. The number of benzene rings is 1.